The van der Waals surface area contributed by atoms with Gasteiger partial charge in [0.15, 0.2) is 11.5 Å². The van der Waals surface area contributed by atoms with Crippen molar-refractivity contribution in [1.82, 2.24) is 19.6 Å². The molecule has 9 heteroatoms. The fourth-order valence-corrected chi connectivity index (χ4v) is 3.38. The number of hydrogen-bond acceptors (Lipinski definition) is 5. The highest BCUT2D eigenvalue weighted by Gasteiger charge is 2.23. The van der Waals surface area contributed by atoms with Crippen molar-refractivity contribution in [2.24, 2.45) is 5.73 Å². The highest BCUT2D eigenvalue weighted by molar-refractivity contribution is 6.33. The van der Waals surface area contributed by atoms with Gasteiger partial charge < -0.3 is 11.1 Å². The largest absolute Gasteiger partial charge is 0.351 e. The summed E-state index contributed by atoms with van der Waals surface area (Å²) in [5, 5.41) is 7.74. The molecule has 0 radical (unpaired) electrons. The lowest BCUT2D eigenvalue weighted by atomic mass is 9.92. The quantitative estimate of drug-likeness (QED) is 0.730. The number of nitrogens with one attached hydrogen (secondary N) is 1. The molecule has 1 saturated carbocycles. The van der Waals surface area contributed by atoms with E-state index in [4.69, 9.17) is 17.3 Å². The number of fused-ring (bicyclic) bond motifs is 1. The van der Waals surface area contributed by atoms with Gasteiger partial charge in [-0.3, -0.25) is 0 Å². The van der Waals surface area contributed by atoms with E-state index in [2.05, 4.69) is 20.4 Å². The number of benzene rings is 1. The van der Waals surface area contributed by atoms with Crippen molar-refractivity contribution in [2.45, 2.75) is 37.8 Å². The zero-order valence-electron chi connectivity index (χ0n) is 13.8. The number of nitrogens with zero attached hydrogens (tertiary/aromatic N) is 4. The van der Waals surface area contributed by atoms with Crippen molar-refractivity contribution in [2.75, 3.05) is 5.32 Å². The average Bonchev–Trinajstić information content (AvgIpc) is 2.98. The maximum Gasteiger partial charge on any atom is 0.228 e. The van der Waals surface area contributed by atoms with E-state index in [1.807, 2.05) is 0 Å². The summed E-state index contributed by atoms with van der Waals surface area (Å²) in [6.07, 6.45) is 4.99. The monoisotopic (exact) mass is 378 g/mol. The molecular weight excluding hydrogens is 362 g/mol. The van der Waals surface area contributed by atoms with Gasteiger partial charge in [-0.15, -0.1) is 0 Å². The molecule has 2 aromatic heterocycles. The van der Waals surface area contributed by atoms with Crippen LogP contribution in [0.15, 0.2) is 24.4 Å². The zero-order chi connectivity index (χ0) is 18.3. The third-order valence-electron chi connectivity index (χ3n) is 4.62. The fraction of sp³-hybridized carbons (Fsp3) is 0.353. The Morgan fingerprint density at radius 2 is 1.81 bits per heavy atom. The Bertz CT molecular complexity index is 932. The van der Waals surface area contributed by atoms with Crippen LogP contribution in [0.2, 0.25) is 5.02 Å². The normalized spacial score (nSPS) is 20.5. The van der Waals surface area contributed by atoms with Crippen LogP contribution in [-0.2, 0) is 0 Å². The first-order valence-corrected chi connectivity index (χ1v) is 8.78. The van der Waals surface area contributed by atoms with E-state index in [1.54, 1.807) is 0 Å². The minimum atomic E-state index is -0.737. The molecule has 0 atom stereocenters. The minimum absolute atomic E-state index is 0.0782. The van der Waals surface area contributed by atoms with E-state index in [1.165, 1.54) is 28.9 Å². The first-order chi connectivity index (χ1) is 12.5. The maximum atomic E-state index is 14.2. The van der Waals surface area contributed by atoms with Crippen molar-refractivity contribution in [1.29, 1.82) is 0 Å². The maximum absolute atomic E-state index is 14.2. The van der Waals surface area contributed by atoms with E-state index < -0.39 is 11.6 Å². The van der Waals surface area contributed by atoms with Gasteiger partial charge in [-0.05, 0) is 37.8 Å². The smallest absolute Gasteiger partial charge is 0.228 e. The molecule has 6 nitrogen and oxygen atoms in total. The molecule has 26 heavy (non-hydrogen) atoms. The second-order valence-corrected chi connectivity index (χ2v) is 6.86. The molecule has 3 N–H and O–H groups in total. The van der Waals surface area contributed by atoms with Crippen molar-refractivity contribution < 1.29 is 8.78 Å². The summed E-state index contributed by atoms with van der Waals surface area (Å²) in [5.41, 5.74) is 5.94. The van der Waals surface area contributed by atoms with Gasteiger partial charge in [0.1, 0.15) is 16.7 Å². The van der Waals surface area contributed by atoms with Gasteiger partial charge in [0.25, 0.3) is 0 Å². The number of aromatic nitrogens is 4. The minimum Gasteiger partial charge on any atom is -0.351 e. The third kappa shape index (κ3) is 3.10. The number of hydrogen-bond donors (Lipinski definition) is 2. The number of rotatable bonds is 3. The van der Waals surface area contributed by atoms with Gasteiger partial charge in [0.05, 0.1) is 11.8 Å². The molecule has 136 valence electrons. The molecular formula is C17H17ClF2N6. The van der Waals surface area contributed by atoms with Crippen molar-refractivity contribution in [3.63, 3.8) is 0 Å². The summed E-state index contributed by atoms with van der Waals surface area (Å²) in [4.78, 5) is 8.54. The summed E-state index contributed by atoms with van der Waals surface area (Å²) < 4.78 is 29.8. The molecule has 1 fully saturated rings. The Hall–Kier alpha value is -2.32. The first-order valence-electron chi connectivity index (χ1n) is 8.40. The second kappa shape index (κ2) is 6.77. The van der Waals surface area contributed by atoms with Gasteiger partial charge in [0, 0.05) is 12.1 Å². The van der Waals surface area contributed by atoms with Crippen LogP contribution in [-0.4, -0.2) is 31.7 Å². The molecule has 2 heterocycles. The third-order valence-corrected chi connectivity index (χ3v) is 4.88. The molecule has 3 aromatic rings. The zero-order valence-corrected chi connectivity index (χ0v) is 14.5. The summed E-state index contributed by atoms with van der Waals surface area (Å²) in [6, 6.07) is 3.98. The first kappa shape index (κ1) is 17.1. The van der Waals surface area contributed by atoms with Gasteiger partial charge in [-0.2, -0.15) is 14.6 Å². The highest BCUT2D eigenvalue weighted by atomic mass is 35.5. The molecule has 0 amide bonds. The molecule has 4 rings (SSSR count). The van der Waals surface area contributed by atoms with Gasteiger partial charge >= 0.3 is 0 Å². The van der Waals surface area contributed by atoms with Crippen molar-refractivity contribution in [3.8, 4) is 11.4 Å². The van der Waals surface area contributed by atoms with E-state index in [0.717, 1.165) is 25.7 Å². The van der Waals surface area contributed by atoms with Crippen LogP contribution < -0.4 is 11.1 Å². The molecule has 1 aromatic carbocycles. The van der Waals surface area contributed by atoms with Crippen molar-refractivity contribution >= 4 is 23.2 Å². The molecule has 0 unspecified atom stereocenters. The number of halogens is 3. The van der Waals surface area contributed by atoms with Crippen LogP contribution in [0.1, 0.15) is 25.7 Å². The summed E-state index contributed by atoms with van der Waals surface area (Å²) in [7, 11) is 0. The van der Waals surface area contributed by atoms with Crippen LogP contribution in [0.25, 0.3) is 17.0 Å². The number of anilines is 1. The molecule has 0 aliphatic heterocycles. The highest BCUT2D eigenvalue weighted by Crippen LogP contribution is 2.28. The lowest BCUT2D eigenvalue weighted by Crippen LogP contribution is -2.33. The Labute approximate surface area is 153 Å². The van der Waals surface area contributed by atoms with Gasteiger partial charge in [-0.1, -0.05) is 17.7 Å². The second-order valence-electron chi connectivity index (χ2n) is 6.45. The lowest BCUT2D eigenvalue weighted by molar-refractivity contribution is 0.409. The fourth-order valence-electron chi connectivity index (χ4n) is 3.21. The molecule has 0 bridgehead atoms. The standard InChI is InChI=1S/C17H17ClF2N6/c18-11-8-22-26-16(11)24-15(14-12(19)2-1-3-13(14)20)25-17(26)23-10-6-4-9(21)5-7-10/h1-3,8-10H,4-7,21H2,(H,23,24,25). The predicted molar refractivity (Wildman–Crippen MR) is 95.0 cm³/mol. The molecule has 1 aliphatic carbocycles. The average molecular weight is 379 g/mol. The van der Waals surface area contributed by atoms with E-state index >= 15 is 0 Å². The topological polar surface area (TPSA) is 81.1 Å². The van der Waals surface area contributed by atoms with E-state index in [9.17, 15) is 8.78 Å². The van der Waals surface area contributed by atoms with Crippen LogP contribution >= 0.6 is 11.6 Å². The van der Waals surface area contributed by atoms with E-state index in [-0.39, 0.29) is 34.1 Å². The van der Waals surface area contributed by atoms with Crippen LogP contribution in [0, 0.1) is 11.6 Å². The lowest BCUT2D eigenvalue weighted by Gasteiger charge is -2.27. The Morgan fingerprint density at radius 3 is 2.50 bits per heavy atom. The summed E-state index contributed by atoms with van der Waals surface area (Å²) >= 11 is 6.14. The molecule has 1 aliphatic rings. The molecule has 0 saturated heterocycles. The van der Waals surface area contributed by atoms with Crippen molar-refractivity contribution in [3.05, 3.63) is 41.1 Å². The summed E-state index contributed by atoms with van der Waals surface area (Å²) in [5.74, 6) is -1.20. The van der Waals surface area contributed by atoms with Gasteiger partial charge in [-0.25, -0.2) is 13.8 Å². The Morgan fingerprint density at radius 1 is 1.12 bits per heavy atom. The van der Waals surface area contributed by atoms with Gasteiger partial charge in [0.2, 0.25) is 5.95 Å². The Kier molecular flexibility index (Phi) is 4.46. The molecule has 0 spiro atoms. The van der Waals surface area contributed by atoms with Crippen LogP contribution in [0.4, 0.5) is 14.7 Å². The predicted octanol–water partition coefficient (Wildman–Crippen LogP) is 3.40. The van der Waals surface area contributed by atoms with E-state index in [0.29, 0.717) is 5.95 Å². The van der Waals surface area contributed by atoms with Crippen LogP contribution in [0.3, 0.4) is 0 Å². The number of nitrogens with two attached hydrogens (primary N) is 1. The van der Waals surface area contributed by atoms with Crippen LogP contribution in [0.5, 0.6) is 0 Å². The summed E-state index contributed by atoms with van der Waals surface area (Å²) in [6.45, 7) is 0. The Balaban J connectivity index is 1.79. The SMILES string of the molecule is NC1CCC(Nc2nc(-c3c(F)cccc3F)nc3c(Cl)cnn23)CC1.